The zero-order chi connectivity index (χ0) is 21.6. The fourth-order valence-corrected chi connectivity index (χ4v) is 3.13. The molecule has 0 bridgehead atoms. The van der Waals surface area contributed by atoms with Crippen molar-refractivity contribution in [3.8, 4) is 11.5 Å². The number of hydrogen-bond donors (Lipinski definition) is 1. The molecule has 7 heteroatoms. The lowest BCUT2D eigenvalue weighted by Crippen LogP contribution is -2.17. The molecule has 0 aromatic heterocycles. The molecule has 3 aromatic carbocycles. The molecule has 3 aromatic rings. The van der Waals surface area contributed by atoms with Crippen LogP contribution in [0.25, 0.3) is 0 Å². The highest BCUT2D eigenvalue weighted by molar-refractivity contribution is 5.98. The minimum Gasteiger partial charge on any atom is -0.493 e. The van der Waals surface area contributed by atoms with Gasteiger partial charge in [0.15, 0.2) is 17.3 Å². The smallest absolute Gasteiger partial charge is 0.337 e. The van der Waals surface area contributed by atoms with Crippen LogP contribution in [0.4, 0.5) is 0 Å². The molecule has 1 N–H and O–H groups in total. The van der Waals surface area contributed by atoms with Crippen molar-refractivity contribution in [3.63, 3.8) is 0 Å². The number of ether oxygens (including phenoxy) is 3. The summed E-state index contributed by atoms with van der Waals surface area (Å²) in [6.45, 7) is 0.328. The average Bonchev–Trinajstić information content (AvgIpc) is 3.33. The Morgan fingerprint density at radius 2 is 1.77 bits per heavy atom. The number of rotatable bonds is 7. The standard InChI is InChI=1S/C24H22N2O5/c1-28-21-14-19(23-25-22(26-31-23)17-6-4-3-5-7-17)12-13-20(21)30-15-16-8-10-18(11-9-16)24(27)29-2/h3-14,23H,15H2,1-2H3,(H,25,26). The number of carbonyl (C=O) groups is 1. The lowest BCUT2D eigenvalue weighted by molar-refractivity contribution is 0.0375. The van der Waals surface area contributed by atoms with Gasteiger partial charge in [0.25, 0.3) is 0 Å². The van der Waals surface area contributed by atoms with Crippen molar-refractivity contribution in [1.82, 2.24) is 5.48 Å². The van der Waals surface area contributed by atoms with Crippen LogP contribution in [0.2, 0.25) is 0 Å². The molecule has 0 saturated heterocycles. The fraction of sp³-hybridized carbons (Fsp3) is 0.167. The van der Waals surface area contributed by atoms with Crippen molar-refractivity contribution in [2.45, 2.75) is 12.8 Å². The second kappa shape index (κ2) is 9.32. The molecule has 0 fully saturated rings. The van der Waals surface area contributed by atoms with Gasteiger partial charge in [-0.2, -0.15) is 0 Å². The van der Waals surface area contributed by atoms with E-state index in [4.69, 9.17) is 19.0 Å². The molecule has 158 valence electrons. The van der Waals surface area contributed by atoms with E-state index in [-0.39, 0.29) is 5.97 Å². The van der Waals surface area contributed by atoms with E-state index in [0.29, 0.717) is 29.5 Å². The SMILES string of the molecule is COC(=O)c1ccc(COc2ccc(C3N=C(c4ccccc4)NO3)cc2OC)cc1. The van der Waals surface area contributed by atoms with Gasteiger partial charge >= 0.3 is 5.97 Å². The van der Waals surface area contributed by atoms with Gasteiger partial charge in [-0.05, 0) is 29.8 Å². The maximum Gasteiger partial charge on any atom is 0.337 e. The second-order valence-corrected chi connectivity index (χ2v) is 6.80. The molecule has 7 nitrogen and oxygen atoms in total. The largest absolute Gasteiger partial charge is 0.493 e. The zero-order valence-corrected chi connectivity index (χ0v) is 17.2. The molecule has 1 atom stereocenters. The van der Waals surface area contributed by atoms with Crippen molar-refractivity contribution in [3.05, 3.63) is 95.1 Å². The van der Waals surface area contributed by atoms with Crippen LogP contribution in [0.15, 0.2) is 77.8 Å². The van der Waals surface area contributed by atoms with Crippen molar-refractivity contribution in [2.75, 3.05) is 14.2 Å². The first kappa shape index (κ1) is 20.4. The minimum atomic E-state index is -0.482. The Bertz CT molecular complexity index is 1080. The Labute approximate surface area is 180 Å². The van der Waals surface area contributed by atoms with Gasteiger partial charge in [-0.1, -0.05) is 48.5 Å². The van der Waals surface area contributed by atoms with E-state index in [1.807, 2.05) is 60.7 Å². The Morgan fingerprint density at radius 1 is 1.00 bits per heavy atom. The van der Waals surface area contributed by atoms with Crippen LogP contribution in [0.3, 0.4) is 0 Å². The van der Waals surface area contributed by atoms with Crippen molar-refractivity contribution in [1.29, 1.82) is 0 Å². The molecule has 0 spiro atoms. The van der Waals surface area contributed by atoms with Crippen LogP contribution >= 0.6 is 0 Å². The number of methoxy groups -OCH3 is 2. The number of nitrogens with zero attached hydrogens (tertiary/aromatic N) is 1. The summed E-state index contributed by atoms with van der Waals surface area (Å²) >= 11 is 0. The molecule has 0 amide bonds. The van der Waals surface area contributed by atoms with Gasteiger partial charge in [0.2, 0.25) is 6.23 Å². The highest BCUT2D eigenvalue weighted by atomic mass is 16.7. The van der Waals surface area contributed by atoms with Gasteiger partial charge in [0.1, 0.15) is 6.61 Å². The van der Waals surface area contributed by atoms with E-state index in [0.717, 1.165) is 16.7 Å². The van der Waals surface area contributed by atoms with E-state index >= 15 is 0 Å². The molecule has 0 aliphatic carbocycles. The summed E-state index contributed by atoms with van der Waals surface area (Å²) < 4.78 is 16.1. The summed E-state index contributed by atoms with van der Waals surface area (Å²) in [5.41, 5.74) is 6.08. The first-order chi connectivity index (χ1) is 15.2. The van der Waals surface area contributed by atoms with Gasteiger partial charge in [-0.15, -0.1) is 0 Å². The number of esters is 1. The third kappa shape index (κ3) is 4.67. The summed E-state index contributed by atoms with van der Waals surface area (Å²) in [5.74, 6) is 1.49. The van der Waals surface area contributed by atoms with Crippen LogP contribution in [0.5, 0.6) is 11.5 Å². The summed E-state index contributed by atoms with van der Waals surface area (Å²) in [6.07, 6.45) is -0.482. The highest BCUT2D eigenvalue weighted by Gasteiger charge is 2.22. The summed E-state index contributed by atoms with van der Waals surface area (Å²) in [7, 11) is 2.94. The number of benzene rings is 3. The van der Waals surface area contributed by atoms with E-state index in [2.05, 4.69) is 10.5 Å². The van der Waals surface area contributed by atoms with E-state index in [1.165, 1.54) is 7.11 Å². The Hall–Kier alpha value is -3.84. The summed E-state index contributed by atoms with van der Waals surface area (Å²) in [4.78, 5) is 21.8. The monoisotopic (exact) mass is 418 g/mol. The van der Waals surface area contributed by atoms with Gasteiger partial charge < -0.3 is 14.2 Å². The number of hydrogen-bond acceptors (Lipinski definition) is 7. The third-order valence-electron chi connectivity index (χ3n) is 4.80. The number of carbonyl (C=O) groups excluding carboxylic acids is 1. The normalized spacial score (nSPS) is 15.0. The number of hydroxylamine groups is 1. The fourth-order valence-electron chi connectivity index (χ4n) is 3.13. The topological polar surface area (TPSA) is 78.4 Å². The zero-order valence-electron chi connectivity index (χ0n) is 17.2. The quantitative estimate of drug-likeness (QED) is 0.584. The molecule has 4 rings (SSSR count). The number of amidine groups is 1. The lowest BCUT2D eigenvalue weighted by Gasteiger charge is -2.14. The Balaban J connectivity index is 1.45. The molecule has 1 aliphatic heterocycles. The van der Waals surface area contributed by atoms with Crippen LogP contribution in [-0.4, -0.2) is 26.0 Å². The first-order valence-corrected chi connectivity index (χ1v) is 9.71. The van der Waals surface area contributed by atoms with Crippen LogP contribution in [0.1, 0.15) is 33.3 Å². The summed E-state index contributed by atoms with van der Waals surface area (Å²) in [6, 6.07) is 22.4. The lowest BCUT2D eigenvalue weighted by atomic mass is 10.1. The maximum atomic E-state index is 11.5. The minimum absolute atomic E-state index is 0.328. The molecule has 1 aliphatic rings. The maximum absolute atomic E-state index is 11.5. The molecule has 0 radical (unpaired) electrons. The van der Waals surface area contributed by atoms with E-state index < -0.39 is 6.23 Å². The average molecular weight is 418 g/mol. The Morgan fingerprint density at radius 3 is 2.48 bits per heavy atom. The van der Waals surface area contributed by atoms with Crippen molar-refractivity contribution in [2.24, 2.45) is 4.99 Å². The number of aliphatic imine (C=N–C) groups is 1. The van der Waals surface area contributed by atoms with Gasteiger partial charge in [-0.25, -0.2) is 20.1 Å². The highest BCUT2D eigenvalue weighted by Crippen LogP contribution is 2.33. The molecule has 0 saturated carbocycles. The third-order valence-corrected chi connectivity index (χ3v) is 4.80. The van der Waals surface area contributed by atoms with E-state index in [9.17, 15) is 4.79 Å². The van der Waals surface area contributed by atoms with Gasteiger partial charge in [0.05, 0.1) is 19.8 Å². The second-order valence-electron chi connectivity index (χ2n) is 6.80. The predicted molar refractivity (Wildman–Crippen MR) is 115 cm³/mol. The predicted octanol–water partition coefficient (Wildman–Crippen LogP) is 4.04. The first-order valence-electron chi connectivity index (χ1n) is 9.71. The van der Waals surface area contributed by atoms with Gasteiger partial charge in [-0.3, -0.25) is 0 Å². The molecule has 1 heterocycles. The molecular formula is C24H22N2O5. The molecular weight excluding hydrogens is 396 g/mol. The van der Waals surface area contributed by atoms with Crippen LogP contribution in [-0.2, 0) is 16.2 Å². The Kier molecular flexibility index (Phi) is 6.14. The number of nitrogens with one attached hydrogen (secondary N) is 1. The van der Waals surface area contributed by atoms with Crippen molar-refractivity contribution >= 4 is 11.8 Å². The summed E-state index contributed by atoms with van der Waals surface area (Å²) in [5, 5.41) is 0. The van der Waals surface area contributed by atoms with Crippen LogP contribution < -0.4 is 15.0 Å². The van der Waals surface area contributed by atoms with Gasteiger partial charge in [0, 0.05) is 11.1 Å². The van der Waals surface area contributed by atoms with Crippen molar-refractivity contribution < 1.29 is 23.8 Å². The van der Waals surface area contributed by atoms with Crippen LogP contribution in [0, 0.1) is 0 Å². The molecule has 1 unspecified atom stereocenters. The molecule has 31 heavy (non-hydrogen) atoms. The van der Waals surface area contributed by atoms with E-state index in [1.54, 1.807) is 19.2 Å².